The number of hydrogen-bond donors (Lipinski definition) is 0. The zero-order chi connectivity index (χ0) is 17.9. The predicted molar refractivity (Wildman–Crippen MR) is 104 cm³/mol. The van der Waals surface area contributed by atoms with Crippen LogP contribution in [0, 0.1) is 6.92 Å². The van der Waals surface area contributed by atoms with E-state index in [-0.39, 0.29) is 0 Å². The summed E-state index contributed by atoms with van der Waals surface area (Å²) in [5, 5.41) is 4.50. The normalized spacial score (nSPS) is 16.2. The Morgan fingerprint density at radius 3 is 2.77 bits per heavy atom. The Hall–Kier alpha value is -2.47. The summed E-state index contributed by atoms with van der Waals surface area (Å²) in [4.78, 5) is 14.0. The second-order valence-corrected chi connectivity index (χ2v) is 7.12. The molecule has 3 aromatic rings. The molecule has 0 radical (unpaired) electrons. The Balaban J connectivity index is 1.36. The van der Waals surface area contributed by atoms with Gasteiger partial charge in [-0.2, -0.15) is 5.10 Å². The van der Waals surface area contributed by atoms with Crippen molar-refractivity contribution in [3.05, 3.63) is 54.2 Å². The van der Waals surface area contributed by atoms with Crippen LogP contribution in [0.5, 0.6) is 0 Å². The molecule has 26 heavy (non-hydrogen) atoms. The molecule has 6 heteroatoms. The first kappa shape index (κ1) is 17.0. The zero-order valence-electron chi connectivity index (χ0n) is 15.5. The molecule has 1 aliphatic rings. The topological polar surface area (TPSA) is 49.6 Å². The number of piperidine rings is 1. The molecule has 0 aromatic carbocycles. The smallest absolute Gasteiger partial charge is 0.154 e. The predicted octanol–water partition coefficient (Wildman–Crippen LogP) is 2.58. The number of anilines is 1. The summed E-state index contributed by atoms with van der Waals surface area (Å²) in [7, 11) is 2.17. The summed E-state index contributed by atoms with van der Waals surface area (Å²) in [6.07, 6.45) is 8.98. The van der Waals surface area contributed by atoms with Gasteiger partial charge in [0.1, 0.15) is 5.52 Å². The minimum atomic E-state index is 0.523. The molecule has 4 heterocycles. The first-order chi connectivity index (χ1) is 12.7. The Morgan fingerprint density at radius 1 is 1.15 bits per heavy atom. The summed E-state index contributed by atoms with van der Waals surface area (Å²) < 4.78 is 1.93. The number of rotatable bonds is 5. The van der Waals surface area contributed by atoms with Gasteiger partial charge in [0, 0.05) is 63.4 Å². The van der Waals surface area contributed by atoms with E-state index >= 15 is 0 Å². The SMILES string of the molecule is Cc1cc2c(N(C)C3CCN(CCc4ccccn4)CC3)nccn2n1. The summed E-state index contributed by atoms with van der Waals surface area (Å²) in [5.74, 6) is 1.03. The van der Waals surface area contributed by atoms with Crippen LogP contribution in [0.3, 0.4) is 0 Å². The van der Waals surface area contributed by atoms with Crippen molar-refractivity contribution in [1.29, 1.82) is 0 Å². The fourth-order valence-electron chi connectivity index (χ4n) is 3.82. The fraction of sp³-hybridized carbons (Fsp3) is 0.450. The van der Waals surface area contributed by atoms with Crippen molar-refractivity contribution in [2.24, 2.45) is 0 Å². The largest absolute Gasteiger partial charge is 0.355 e. The first-order valence-corrected chi connectivity index (χ1v) is 9.37. The quantitative estimate of drug-likeness (QED) is 0.708. The standard InChI is InChI=1S/C20H26N6/c1-16-15-19-20(22-10-14-26(19)23-16)24(2)18-7-12-25(13-8-18)11-6-17-5-3-4-9-21-17/h3-5,9-10,14-15,18H,6-8,11-13H2,1-2H3. The maximum absolute atomic E-state index is 4.63. The molecule has 0 amide bonds. The van der Waals surface area contributed by atoms with Crippen LogP contribution in [0.15, 0.2) is 42.9 Å². The van der Waals surface area contributed by atoms with E-state index in [0.29, 0.717) is 6.04 Å². The molecular weight excluding hydrogens is 324 g/mol. The fourth-order valence-corrected chi connectivity index (χ4v) is 3.82. The molecule has 0 N–H and O–H groups in total. The van der Waals surface area contributed by atoms with E-state index in [0.717, 1.165) is 55.9 Å². The second-order valence-electron chi connectivity index (χ2n) is 7.12. The molecule has 1 aliphatic heterocycles. The number of pyridine rings is 1. The number of fused-ring (bicyclic) bond motifs is 1. The average Bonchev–Trinajstić information content (AvgIpc) is 3.07. The van der Waals surface area contributed by atoms with E-state index in [9.17, 15) is 0 Å². The number of hydrogen-bond acceptors (Lipinski definition) is 5. The van der Waals surface area contributed by atoms with Gasteiger partial charge in [-0.15, -0.1) is 0 Å². The van der Waals surface area contributed by atoms with E-state index in [1.165, 1.54) is 5.69 Å². The highest BCUT2D eigenvalue weighted by molar-refractivity contribution is 5.69. The van der Waals surface area contributed by atoms with Crippen molar-refractivity contribution in [1.82, 2.24) is 24.5 Å². The third kappa shape index (κ3) is 3.55. The van der Waals surface area contributed by atoms with Crippen LogP contribution in [0.1, 0.15) is 24.2 Å². The lowest BCUT2D eigenvalue weighted by Gasteiger charge is -2.37. The van der Waals surface area contributed by atoms with Crippen molar-refractivity contribution in [2.75, 3.05) is 31.6 Å². The van der Waals surface area contributed by atoms with Gasteiger partial charge in [0.2, 0.25) is 0 Å². The third-order valence-electron chi connectivity index (χ3n) is 5.34. The van der Waals surface area contributed by atoms with Crippen LogP contribution in [-0.2, 0) is 6.42 Å². The van der Waals surface area contributed by atoms with Crippen molar-refractivity contribution in [3.8, 4) is 0 Å². The molecule has 0 unspecified atom stereocenters. The summed E-state index contributed by atoms with van der Waals surface area (Å²) in [6, 6.07) is 8.79. The van der Waals surface area contributed by atoms with E-state index in [1.807, 2.05) is 36.1 Å². The van der Waals surface area contributed by atoms with Gasteiger partial charge in [-0.1, -0.05) is 6.07 Å². The van der Waals surface area contributed by atoms with Crippen molar-refractivity contribution < 1.29 is 0 Å². The van der Waals surface area contributed by atoms with Gasteiger partial charge < -0.3 is 9.80 Å². The maximum atomic E-state index is 4.63. The van der Waals surface area contributed by atoms with Gasteiger partial charge in [-0.3, -0.25) is 4.98 Å². The van der Waals surface area contributed by atoms with Crippen LogP contribution < -0.4 is 4.90 Å². The Morgan fingerprint density at radius 2 is 2.00 bits per heavy atom. The van der Waals surface area contributed by atoms with Gasteiger partial charge in [-0.05, 0) is 38.0 Å². The van der Waals surface area contributed by atoms with Gasteiger partial charge >= 0.3 is 0 Å². The number of aryl methyl sites for hydroxylation is 1. The highest BCUT2D eigenvalue weighted by atomic mass is 15.3. The highest BCUT2D eigenvalue weighted by Gasteiger charge is 2.24. The maximum Gasteiger partial charge on any atom is 0.154 e. The van der Waals surface area contributed by atoms with Crippen LogP contribution >= 0.6 is 0 Å². The summed E-state index contributed by atoms with van der Waals surface area (Å²) >= 11 is 0. The van der Waals surface area contributed by atoms with E-state index in [2.05, 4.69) is 50.1 Å². The van der Waals surface area contributed by atoms with Crippen molar-refractivity contribution >= 4 is 11.3 Å². The number of aromatic nitrogens is 4. The summed E-state index contributed by atoms with van der Waals surface area (Å²) in [6.45, 7) is 5.37. The van der Waals surface area contributed by atoms with E-state index in [4.69, 9.17) is 0 Å². The van der Waals surface area contributed by atoms with Gasteiger partial charge in [-0.25, -0.2) is 9.50 Å². The first-order valence-electron chi connectivity index (χ1n) is 9.37. The molecular formula is C20H26N6. The second kappa shape index (κ2) is 7.41. The minimum Gasteiger partial charge on any atom is -0.355 e. The lowest BCUT2D eigenvalue weighted by atomic mass is 10.0. The lowest BCUT2D eigenvalue weighted by Crippen LogP contribution is -2.44. The zero-order valence-corrected chi connectivity index (χ0v) is 15.5. The molecule has 1 saturated heterocycles. The molecule has 136 valence electrons. The van der Waals surface area contributed by atoms with Gasteiger partial charge in [0.15, 0.2) is 5.82 Å². The van der Waals surface area contributed by atoms with Crippen LogP contribution in [0.25, 0.3) is 5.52 Å². The summed E-state index contributed by atoms with van der Waals surface area (Å²) in [5.41, 5.74) is 3.29. The molecule has 0 bridgehead atoms. The number of nitrogens with zero attached hydrogens (tertiary/aromatic N) is 6. The molecule has 3 aromatic heterocycles. The molecule has 0 spiro atoms. The number of likely N-dealkylation sites (tertiary alicyclic amines) is 1. The average molecular weight is 350 g/mol. The van der Waals surface area contributed by atoms with E-state index in [1.54, 1.807) is 0 Å². The van der Waals surface area contributed by atoms with Crippen LogP contribution in [0.4, 0.5) is 5.82 Å². The lowest BCUT2D eigenvalue weighted by molar-refractivity contribution is 0.212. The molecule has 0 aliphatic carbocycles. The molecule has 1 fully saturated rings. The van der Waals surface area contributed by atoms with Crippen LogP contribution in [0.2, 0.25) is 0 Å². The Kier molecular flexibility index (Phi) is 4.84. The highest BCUT2D eigenvalue weighted by Crippen LogP contribution is 2.24. The van der Waals surface area contributed by atoms with Crippen LogP contribution in [-0.4, -0.2) is 57.2 Å². The Bertz CT molecular complexity index is 851. The Labute approximate surface area is 154 Å². The van der Waals surface area contributed by atoms with Gasteiger partial charge in [0.25, 0.3) is 0 Å². The van der Waals surface area contributed by atoms with Gasteiger partial charge in [0.05, 0.1) is 5.69 Å². The molecule has 6 nitrogen and oxygen atoms in total. The molecule has 0 saturated carbocycles. The van der Waals surface area contributed by atoms with Crippen molar-refractivity contribution in [3.63, 3.8) is 0 Å². The van der Waals surface area contributed by atoms with E-state index < -0.39 is 0 Å². The van der Waals surface area contributed by atoms with Crippen molar-refractivity contribution in [2.45, 2.75) is 32.2 Å². The molecule has 4 rings (SSSR count). The molecule has 0 atom stereocenters. The minimum absolute atomic E-state index is 0.523. The third-order valence-corrected chi connectivity index (χ3v) is 5.34. The monoisotopic (exact) mass is 350 g/mol.